The van der Waals surface area contributed by atoms with E-state index in [4.69, 9.17) is 10.5 Å². The number of carbonyl (C=O) groups is 1. The van der Waals surface area contributed by atoms with Crippen LogP contribution in [0, 0.1) is 14.1 Å². The number of hydrogen-bond acceptors (Lipinski definition) is 10. The van der Waals surface area contributed by atoms with Crippen LogP contribution < -0.4 is 5.73 Å². The highest BCUT2D eigenvalue weighted by Crippen LogP contribution is 2.09. The number of thiol groups is 1. The zero-order valence-electron chi connectivity index (χ0n) is 12.9. The Balaban J connectivity index is 0.000000370. The molecule has 0 amide bonds. The standard InChI is InChI=1S/C11H13NO5S.C2H3N3S2/c13-11(9-3-5-10(18)6-4-9)16-7-1-2-8-17-12(14)15;3-1-4-5-2(6)7-1/h3-6,18H,1-2,7-8H2;(H2,3,4)(H,5,6). The van der Waals surface area contributed by atoms with Crippen molar-refractivity contribution in [1.29, 1.82) is 0 Å². The maximum absolute atomic E-state index is 11.5. The van der Waals surface area contributed by atoms with Crippen LogP contribution in [-0.4, -0.2) is 34.5 Å². The average Bonchev–Trinajstić information content (AvgIpc) is 2.94. The van der Waals surface area contributed by atoms with Crippen molar-refractivity contribution in [2.45, 2.75) is 17.7 Å². The summed E-state index contributed by atoms with van der Waals surface area (Å²) in [5.74, 6) is -0.418. The van der Waals surface area contributed by atoms with E-state index in [1.165, 1.54) is 11.3 Å². The van der Waals surface area contributed by atoms with Gasteiger partial charge in [0, 0.05) is 4.90 Å². The molecule has 25 heavy (non-hydrogen) atoms. The molecule has 0 aliphatic rings. The van der Waals surface area contributed by atoms with E-state index in [0.717, 1.165) is 4.90 Å². The predicted octanol–water partition coefficient (Wildman–Crippen LogP) is 2.90. The highest BCUT2D eigenvalue weighted by atomic mass is 32.1. The van der Waals surface area contributed by atoms with Crippen molar-refractivity contribution in [3.63, 3.8) is 0 Å². The van der Waals surface area contributed by atoms with Crippen molar-refractivity contribution in [3.05, 3.63) is 43.9 Å². The Bertz CT molecular complexity index is 732. The molecule has 1 aromatic carbocycles. The van der Waals surface area contributed by atoms with Gasteiger partial charge in [0.25, 0.3) is 5.09 Å². The van der Waals surface area contributed by atoms with Gasteiger partial charge in [-0.1, -0.05) is 11.3 Å². The van der Waals surface area contributed by atoms with E-state index in [2.05, 4.69) is 39.9 Å². The predicted molar refractivity (Wildman–Crippen MR) is 97.9 cm³/mol. The molecule has 0 saturated carbocycles. The molecule has 0 fully saturated rings. The minimum atomic E-state index is -0.842. The largest absolute Gasteiger partial charge is 0.462 e. The maximum atomic E-state index is 11.5. The van der Waals surface area contributed by atoms with Crippen LogP contribution in [0.3, 0.4) is 0 Å². The van der Waals surface area contributed by atoms with Gasteiger partial charge in [-0.25, -0.2) is 4.79 Å². The second kappa shape index (κ2) is 11.4. The molecular formula is C13H16N4O5S3. The Morgan fingerprint density at radius 2 is 2.00 bits per heavy atom. The smallest absolute Gasteiger partial charge is 0.338 e. The number of nitrogen functional groups attached to an aromatic ring is 1. The van der Waals surface area contributed by atoms with Crippen LogP contribution in [0.5, 0.6) is 0 Å². The third-order valence-electron chi connectivity index (χ3n) is 2.53. The number of nitrogens with zero attached hydrogens (tertiary/aromatic N) is 2. The van der Waals surface area contributed by atoms with Crippen molar-refractivity contribution in [2.24, 2.45) is 0 Å². The second-order valence-corrected chi connectivity index (χ2v) is 6.61. The van der Waals surface area contributed by atoms with Crippen LogP contribution in [0.2, 0.25) is 0 Å². The number of nitrogens with one attached hydrogen (secondary N) is 1. The Hall–Kier alpha value is -2.18. The van der Waals surface area contributed by atoms with Crippen molar-refractivity contribution in [3.8, 4) is 0 Å². The number of aromatic nitrogens is 2. The van der Waals surface area contributed by atoms with Gasteiger partial charge in [0.2, 0.25) is 5.13 Å². The lowest BCUT2D eigenvalue weighted by atomic mass is 10.2. The van der Waals surface area contributed by atoms with Crippen molar-refractivity contribution in [2.75, 3.05) is 18.9 Å². The number of esters is 1. The summed E-state index contributed by atoms with van der Waals surface area (Å²) in [7, 11) is 0. The molecule has 1 aromatic heterocycles. The summed E-state index contributed by atoms with van der Waals surface area (Å²) < 4.78 is 5.61. The van der Waals surface area contributed by atoms with E-state index in [0.29, 0.717) is 27.5 Å². The lowest BCUT2D eigenvalue weighted by Crippen LogP contribution is -2.08. The average molecular weight is 404 g/mol. The third-order valence-corrected chi connectivity index (χ3v) is 3.74. The number of hydrogen-bond donors (Lipinski definition) is 3. The van der Waals surface area contributed by atoms with Crippen molar-refractivity contribution >= 4 is 47.3 Å². The van der Waals surface area contributed by atoms with Gasteiger partial charge >= 0.3 is 5.97 Å². The van der Waals surface area contributed by atoms with Crippen LogP contribution >= 0.6 is 36.2 Å². The van der Waals surface area contributed by atoms with E-state index in [1.54, 1.807) is 24.3 Å². The second-order valence-electron chi connectivity index (χ2n) is 4.40. The number of unbranched alkanes of at least 4 members (excludes halogenated alkanes) is 1. The minimum Gasteiger partial charge on any atom is -0.462 e. The summed E-state index contributed by atoms with van der Waals surface area (Å²) in [5.41, 5.74) is 5.64. The first kappa shape index (κ1) is 20.9. The number of H-pyrrole nitrogens is 1. The molecule has 2 rings (SSSR count). The fraction of sp³-hybridized carbons (Fsp3) is 0.308. The first-order chi connectivity index (χ1) is 11.9. The lowest BCUT2D eigenvalue weighted by Gasteiger charge is -2.04. The molecule has 0 aliphatic carbocycles. The summed E-state index contributed by atoms with van der Waals surface area (Å²) in [6, 6.07) is 6.65. The number of anilines is 1. The molecular weight excluding hydrogens is 388 g/mol. The Morgan fingerprint density at radius 1 is 1.36 bits per heavy atom. The lowest BCUT2D eigenvalue weighted by molar-refractivity contribution is -0.757. The number of rotatable bonds is 7. The molecule has 0 radical (unpaired) electrons. The third kappa shape index (κ3) is 9.64. The highest BCUT2D eigenvalue weighted by Gasteiger charge is 2.06. The number of benzene rings is 1. The quantitative estimate of drug-likeness (QED) is 0.160. The minimum absolute atomic E-state index is 0.0128. The molecule has 9 nitrogen and oxygen atoms in total. The fourth-order valence-electron chi connectivity index (χ4n) is 1.43. The van der Waals surface area contributed by atoms with Crippen LogP contribution in [0.15, 0.2) is 29.2 Å². The summed E-state index contributed by atoms with van der Waals surface area (Å²) in [5, 5.41) is 15.6. The Labute approximate surface area is 157 Å². The van der Waals surface area contributed by atoms with Crippen LogP contribution in [0.25, 0.3) is 0 Å². The molecule has 12 heteroatoms. The Morgan fingerprint density at radius 3 is 2.48 bits per heavy atom. The van der Waals surface area contributed by atoms with Gasteiger partial charge < -0.3 is 15.3 Å². The molecule has 0 unspecified atom stereocenters. The number of ether oxygens (including phenoxy) is 1. The summed E-state index contributed by atoms with van der Waals surface area (Å²) >= 11 is 10.0. The molecule has 1 heterocycles. The van der Waals surface area contributed by atoms with Crippen molar-refractivity contribution < 1.29 is 19.5 Å². The molecule has 0 aliphatic heterocycles. The van der Waals surface area contributed by atoms with Gasteiger partial charge in [-0.15, -0.1) is 27.8 Å². The number of nitrogens with two attached hydrogens (primary N) is 1. The molecule has 3 N–H and O–H groups in total. The van der Waals surface area contributed by atoms with Gasteiger partial charge in [-0.2, -0.15) is 0 Å². The zero-order chi connectivity index (χ0) is 18.7. The molecule has 0 spiro atoms. The topological polar surface area (TPSA) is 133 Å². The maximum Gasteiger partial charge on any atom is 0.338 e. The van der Waals surface area contributed by atoms with Gasteiger partial charge in [-0.05, 0) is 49.3 Å². The Kier molecular flexibility index (Phi) is 9.50. The molecule has 2 aromatic rings. The summed E-state index contributed by atoms with van der Waals surface area (Å²) in [6.45, 7) is 0.224. The monoisotopic (exact) mass is 404 g/mol. The van der Waals surface area contributed by atoms with E-state index < -0.39 is 11.1 Å². The van der Waals surface area contributed by atoms with Gasteiger partial charge in [-0.3, -0.25) is 5.10 Å². The summed E-state index contributed by atoms with van der Waals surface area (Å²) in [6.07, 6.45) is 0.980. The van der Waals surface area contributed by atoms with Gasteiger partial charge in [0.05, 0.1) is 18.8 Å². The van der Waals surface area contributed by atoms with Crippen LogP contribution in [0.4, 0.5) is 5.13 Å². The van der Waals surface area contributed by atoms with E-state index in [1.807, 2.05) is 0 Å². The van der Waals surface area contributed by atoms with Gasteiger partial charge in [0.15, 0.2) is 3.95 Å². The van der Waals surface area contributed by atoms with Gasteiger partial charge in [0.1, 0.15) is 0 Å². The molecule has 0 saturated heterocycles. The number of carbonyl (C=O) groups excluding carboxylic acids is 1. The van der Waals surface area contributed by atoms with E-state index in [-0.39, 0.29) is 13.2 Å². The molecule has 0 atom stereocenters. The SMILES string of the molecule is Nc1n[nH]c(=S)s1.O=C(OCCCCO[N+](=O)[O-])c1ccc(S)cc1. The normalized spacial score (nSPS) is 9.64. The summed E-state index contributed by atoms with van der Waals surface area (Å²) in [4.78, 5) is 26.2. The van der Waals surface area contributed by atoms with Crippen LogP contribution in [0.1, 0.15) is 23.2 Å². The van der Waals surface area contributed by atoms with E-state index >= 15 is 0 Å². The first-order valence-corrected chi connectivity index (χ1v) is 8.60. The van der Waals surface area contributed by atoms with Crippen molar-refractivity contribution in [1.82, 2.24) is 10.2 Å². The molecule has 0 bridgehead atoms. The fourth-order valence-corrected chi connectivity index (χ4v) is 2.25. The van der Waals surface area contributed by atoms with E-state index in [9.17, 15) is 14.9 Å². The highest BCUT2D eigenvalue weighted by molar-refractivity contribution is 7.80. The molecule has 136 valence electrons. The first-order valence-electron chi connectivity index (χ1n) is 6.93. The number of aromatic amines is 1. The van der Waals surface area contributed by atoms with Crippen LogP contribution in [-0.2, 0) is 9.57 Å². The zero-order valence-corrected chi connectivity index (χ0v) is 15.4.